The van der Waals surface area contributed by atoms with Gasteiger partial charge in [0, 0.05) is 12.2 Å². The van der Waals surface area contributed by atoms with Crippen molar-refractivity contribution >= 4 is 17.4 Å². The average Bonchev–Trinajstić information content (AvgIpc) is 2.00. The molecule has 0 bridgehead atoms. The van der Waals surface area contributed by atoms with Gasteiger partial charge < -0.3 is 5.32 Å². The Bertz CT molecular complexity index is 271. The molecule has 2 rings (SSSR count). The lowest BCUT2D eigenvalue weighted by Crippen LogP contribution is -2.27. The highest BCUT2D eigenvalue weighted by atomic mass is 35.5. The summed E-state index contributed by atoms with van der Waals surface area (Å²) < 4.78 is 0. The first-order valence-corrected chi connectivity index (χ1v) is 4.61. The molecule has 0 unspecified atom stereocenters. The molecular formula is C9H11ClN2. The van der Waals surface area contributed by atoms with E-state index in [0.717, 1.165) is 5.82 Å². The van der Waals surface area contributed by atoms with Gasteiger partial charge in [0.05, 0.1) is 5.02 Å². The van der Waals surface area contributed by atoms with Crippen LogP contribution in [0.2, 0.25) is 5.02 Å². The van der Waals surface area contributed by atoms with Gasteiger partial charge in [0.1, 0.15) is 5.82 Å². The highest BCUT2D eigenvalue weighted by Gasteiger charge is 2.17. The van der Waals surface area contributed by atoms with Crippen LogP contribution in [0.3, 0.4) is 0 Å². The summed E-state index contributed by atoms with van der Waals surface area (Å²) in [5.74, 6) is 0.823. The molecule has 0 aromatic carbocycles. The fourth-order valence-corrected chi connectivity index (χ4v) is 1.41. The molecule has 2 nitrogen and oxygen atoms in total. The lowest BCUT2D eigenvalue weighted by molar-refractivity contribution is 0.444. The van der Waals surface area contributed by atoms with Gasteiger partial charge in [-0.05, 0) is 31.4 Å². The maximum absolute atomic E-state index is 5.92. The second kappa shape index (κ2) is 3.31. The summed E-state index contributed by atoms with van der Waals surface area (Å²) in [6, 6.07) is 4.29. The molecule has 0 atom stereocenters. The van der Waals surface area contributed by atoms with Gasteiger partial charge in [-0.15, -0.1) is 0 Å². The van der Waals surface area contributed by atoms with Crippen LogP contribution in [0.5, 0.6) is 0 Å². The first-order valence-electron chi connectivity index (χ1n) is 4.23. The van der Waals surface area contributed by atoms with Crippen molar-refractivity contribution in [2.45, 2.75) is 25.3 Å². The summed E-state index contributed by atoms with van der Waals surface area (Å²) in [5.41, 5.74) is 0. The molecule has 0 spiro atoms. The molecule has 0 amide bonds. The monoisotopic (exact) mass is 182 g/mol. The topological polar surface area (TPSA) is 24.9 Å². The lowest BCUT2D eigenvalue weighted by atomic mass is 9.93. The van der Waals surface area contributed by atoms with Gasteiger partial charge in [-0.25, -0.2) is 4.98 Å². The summed E-state index contributed by atoms with van der Waals surface area (Å²) in [7, 11) is 0. The van der Waals surface area contributed by atoms with Gasteiger partial charge in [-0.3, -0.25) is 0 Å². The molecule has 1 N–H and O–H groups in total. The van der Waals surface area contributed by atoms with E-state index in [0.29, 0.717) is 11.1 Å². The van der Waals surface area contributed by atoms with E-state index in [1.807, 2.05) is 12.1 Å². The standard InChI is InChI=1S/C9H11ClN2/c10-8-5-2-6-11-9(8)12-7-3-1-4-7/h2,5-7H,1,3-4H2,(H,11,12). The number of halogens is 1. The first-order chi connectivity index (χ1) is 5.86. The minimum Gasteiger partial charge on any atom is -0.366 e. The molecule has 1 aliphatic carbocycles. The molecule has 12 heavy (non-hydrogen) atoms. The van der Waals surface area contributed by atoms with Crippen LogP contribution in [0.15, 0.2) is 18.3 Å². The van der Waals surface area contributed by atoms with Crippen LogP contribution < -0.4 is 5.32 Å². The maximum atomic E-state index is 5.92. The molecule has 64 valence electrons. The van der Waals surface area contributed by atoms with Crippen LogP contribution in [0, 0.1) is 0 Å². The largest absolute Gasteiger partial charge is 0.366 e. The first kappa shape index (κ1) is 7.87. The van der Waals surface area contributed by atoms with Gasteiger partial charge in [0.15, 0.2) is 0 Å². The van der Waals surface area contributed by atoms with Crippen molar-refractivity contribution in [1.82, 2.24) is 4.98 Å². The molecule has 0 saturated heterocycles. The molecule has 1 aromatic heterocycles. The molecule has 1 aromatic rings. The van der Waals surface area contributed by atoms with Crippen molar-refractivity contribution in [1.29, 1.82) is 0 Å². The third-order valence-corrected chi connectivity index (χ3v) is 2.51. The van der Waals surface area contributed by atoms with Crippen LogP contribution in [0.25, 0.3) is 0 Å². The van der Waals surface area contributed by atoms with Crippen LogP contribution in [-0.2, 0) is 0 Å². The Labute approximate surface area is 77.0 Å². The van der Waals surface area contributed by atoms with Crippen LogP contribution in [0.4, 0.5) is 5.82 Å². The summed E-state index contributed by atoms with van der Waals surface area (Å²) in [4.78, 5) is 4.16. The van der Waals surface area contributed by atoms with Crippen LogP contribution in [-0.4, -0.2) is 11.0 Å². The smallest absolute Gasteiger partial charge is 0.144 e. The molecule has 0 aliphatic heterocycles. The fourth-order valence-electron chi connectivity index (χ4n) is 1.24. The van der Waals surface area contributed by atoms with E-state index >= 15 is 0 Å². The number of hydrogen-bond donors (Lipinski definition) is 1. The molecule has 3 heteroatoms. The zero-order valence-corrected chi connectivity index (χ0v) is 7.51. The summed E-state index contributed by atoms with van der Waals surface area (Å²) >= 11 is 5.92. The lowest BCUT2D eigenvalue weighted by Gasteiger charge is -2.27. The van der Waals surface area contributed by atoms with Crippen molar-refractivity contribution in [3.05, 3.63) is 23.4 Å². The SMILES string of the molecule is Clc1cccnc1NC1CCC1. The summed E-state index contributed by atoms with van der Waals surface area (Å²) in [6.07, 6.45) is 5.56. The second-order valence-corrected chi connectivity index (χ2v) is 3.51. The van der Waals surface area contributed by atoms with E-state index in [9.17, 15) is 0 Å². The Hall–Kier alpha value is -0.760. The van der Waals surface area contributed by atoms with Gasteiger partial charge in [-0.2, -0.15) is 0 Å². The number of rotatable bonds is 2. The van der Waals surface area contributed by atoms with Crippen molar-refractivity contribution < 1.29 is 0 Å². The minimum absolute atomic E-state index is 0.595. The van der Waals surface area contributed by atoms with Crippen LogP contribution >= 0.6 is 11.6 Å². The zero-order valence-electron chi connectivity index (χ0n) is 6.76. The molecule has 0 radical (unpaired) electrons. The number of pyridine rings is 1. The van der Waals surface area contributed by atoms with E-state index in [-0.39, 0.29) is 0 Å². The van der Waals surface area contributed by atoms with Gasteiger partial charge in [-0.1, -0.05) is 11.6 Å². The quantitative estimate of drug-likeness (QED) is 0.761. The normalized spacial score (nSPS) is 17.1. The zero-order chi connectivity index (χ0) is 8.39. The number of hydrogen-bond acceptors (Lipinski definition) is 2. The van der Waals surface area contributed by atoms with Gasteiger partial charge in [0.2, 0.25) is 0 Å². The molecule has 1 saturated carbocycles. The average molecular weight is 183 g/mol. The molecule has 1 aliphatic rings. The third kappa shape index (κ3) is 1.53. The second-order valence-electron chi connectivity index (χ2n) is 3.11. The van der Waals surface area contributed by atoms with Gasteiger partial charge in [0.25, 0.3) is 0 Å². The van der Waals surface area contributed by atoms with Crippen molar-refractivity contribution in [3.8, 4) is 0 Å². The number of nitrogens with zero attached hydrogens (tertiary/aromatic N) is 1. The predicted molar refractivity (Wildman–Crippen MR) is 50.5 cm³/mol. The van der Waals surface area contributed by atoms with E-state index in [4.69, 9.17) is 11.6 Å². The Morgan fingerprint density at radius 2 is 2.33 bits per heavy atom. The fraction of sp³-hybridized carbons (Fsp3) is 0.444. The number of nitrogens with one attached hydrogen (secondary N) is 1. The van der Waals surface area contributed by atoms with E-state index < -0.39 is 0 Å². The number of anilines is 1. The molecular weight excluding hydrogens is 172 g/mol. The van der Waals surface area contributed by atoms with E-state index in [1.165, 1.54) is 19.3 Å². The maximum Gasteiger partial charge on any atom is 0.144 e. The van der Waals surface area contributed by atoms with E-state index in [2.05, 4.69) is 10.3 Å². The Morgan fingerprint density at radius 1 is 1.50 bits per heavy atom. The van der Waals surface area contributed by atoms with Crippen molar-refractivity contribution in [3.63, 3.8) is 0 Å². The minimum atomic E-state index is 0.595. The number of aromatic nitrogens is 1. The summed E-state index contributed by atoms with van der Waals surface area (Å²) in [6.45, 7) is 0. The summed E-state index contributed by atoms with van der Waals surface area (Å²) in [5, 5.41) is 4.02. The molecule has 1 fully saturated rings. The van der Waals surface area contributed by atoms with E-state index in [1.54, 1.807) is 6.20 Å². The van der Waals surface area contributed by atoms with Crippen molar-refractivity contribution in [2.24, 2.45) is 0 Å². The van der Waals surface area contributed by atoms with Crippen LogP contribution in [0.1, 0.15) is 19.3 Å². The highest BCUT2D eigenvalue weighted by molar-refractivity contribution is 6.32. The highest BCUT2D eigenvalue weighted by Crippen LogP contribution is 2.25. The van der Waals surface area contributed by atoms with Gasteiger partial charge >= 0.3 is 0 Å². The Balaban J connectivity index is 2.06. The van der Waals surface area contributed by atoms with Crippen molar-refractivity contribution in [2.75, 3.05) is 5.32 Å². The Morgan fingerprint density at radius 3 is 2.92 bits per heavy atom. The predicted octanol–water partition coefficient (Wildman–Crippen LogP) is 2.70. The Kier molecular flexibility index (Phi) is 2.17. The third-order valence-electron chi connectivity index (χ3n) is 2.20. The molecule has 1 heterocycles.